The summed E-state index contributed by atoms with van der Waals surface area (Å²) in [5, 5.41) is 10.2. The number of amides is 3. The molecule has 1 aromatic carbocycles. The highest BCUT2D eigenvalue weighted by molar-refractivity contribution is 6.30. The Labute approximate surface area is 147 Å². The first-order valence-electron chi connectivity index (χ1n) is 8.25. The molecule has 1 aliphatic heterocycles. The van der Waals surface area contributed by atoms with Crippen LogP contribution in [0.25, 0.3) is 0 Å². The highest BCUT2D eigenvalue weighted by atomic mass is 35.5. The molecule has 0 spiro atoms. The van der Waals surface area contributed by atoms with Crippen molar-refractivity contribution in [3.8, 4) is 0 Å². The smallest absolute Gasteiger partial charge is 0.315 e. The van der Waals surface area contributed by atoms with Crippen molar-refractivity contribution in [1.29, 1.82) is 0 Å². The SMILES string of the molecule is O=C(CCCCC[C@@H]1CCNC(=O)N1)N/N=C\c1ccc(Cl)cc1. The highest BCUT2D eigenvalue weighted by Crippen LogP contribution is 2.10. The maximum Gasteiger partial charge on any atom is 0.315 e. The standard InChI is InChI=1S/C17H23ClN4O2/c18-14-8-6-13(7-9-14)12-20-22-16(23)5-3-1-2-4-15-10-11-19-17(24)21-15/h6-9,12,15H,1-5,10-11H2,(H,22,23)(H2,19,21,24)/b20-12-/t15-/m1/s1. The second kappa shape index (κ2) is 9.93. The Kier molecular flexibility index (Phi) is 7.55. The third-order valence-electron chi connectivity index (χ3n) is 3.84. The molecule has 0 unspecified atom stereocenters. The van der Waals surface area contributed by atoms with Gasteiger partial charge in [-0.3, -0.25) is 4.79 Å². The van der Waals surface area contributed by atoms with Crippen LogP contribution in [0.3, 0.4) is 0 Å². The monoisotopic (exact) mass is 350 g/mol. The zero-order valence-electron chi connectivity index (χ0n) is 13.6. The number of halogens is 1. The minimum atomic E-state index is -0.0876. The van der Waals surface area contributed by atoms with Crippen molar-refractivity contribution in [1.82, 2.24) is 16.1 Å². The molecular weight excluding hydrogens is 328 g/mol. The molecule has 1 aromatic rings. The van der Waals surface area contributed by atoms with E-state index >= 15 is 0 Å². The molecule has 0 aliphatic carbocycles. The van der Waals surface area contributed by atoms with Gasteiger partial charge in [-0.1, -0.05) is 36.6 Å². The van der Waals surface area contributed by atoms with Crippen LogP contribution in [0, 0.1) is 0 Å². The summed E-state index contributed by atoms with van der Waals surface area (Å²) in [4.78, 5) is 22.9. The first-order valence-corrected chi connectivity index (χ1v) is 8.63. The van der Waals surface area contributed by atoms with Gasteiger partial charge in [0.05, 0.1) is 6.21 Å². The van der Waals surface area contributed by atoms with Gasteiger partial charge >= 0.3 is 6.03 Å². The fourth-order valence-corrected chi connectivity index (χ4v) is 2.65. The van der Waals surface area contributed by atoms with Crippen LogP contribution in [0.5, 0.6) is 0 Å². The number of urea groups is 1. The van der Waals surface area contributed by atoms with Crippen LogP contribution < -0.4 is 16.1 Å². The van der Waals surface area contributed by atoms with E-state index in [-0.39, 0.29) is 18.0 Å². The zero-order valence-corrected chi connectivity index (χ0v) is 14.3. The number of rotatable bonds is 8. The normalized spacial score (nSPS) is 17.4. The molecule has 0 aromatic heterocycles. The third-order valence-corrected chi connectivity index (χ3v) is 4.09. The molecular formula is C17H23ClN4O2. The molecule has 1 atom stereocenters. The summed E-state index contributed by atoms with van der Waals surface area (Å²) in [7, 11) is 0. The summed E-state index contributed by atoms with van der Waals surface area (Å²) in [5.41, 5.74) is 3.40. The van der Waals surface area contributed by atoms with Crippen LogP contribution in [-0.4, -0.2) is 30.7 Å². The fourth-order valence-electron chi connectivity index (χ4n) is 2.52. The van der Waals surface area contributed by atoms with Gasteiger partial charge in [0.1, 0.15) is 0 Å². The van der Waals surface area contributed by atoms with E-state index in [0.717, 1.165) is 44.2 Å². The predicted octanol–water partition coefficient (Wildman–Crippen LogP) is 2.81. The number of hydrazone groups is 1. The Hall–Kier alpha value is -2.08. The van der Waals surface area contributed by atoms with Crippen molar-refractivity contribution < 1.29 is 9.59 Å². The summed E-state index contributed by atoms with van der Waals surface area (Å²) in [5.74, 6) is -0.0876. The lowest BCUT2D eigenvalue weighted by atomic mass is 10.0. The van der Waals surface area contributed by atoms with Crippen molar-refractivity contribution in [2.24, 2.45) is 5.10 Å². The summed E-state index contributed by atoms with van der Waals surface area (Å²) < 4.78 is 0. The van der Waals surface area contributed by atoms with Gasteiger partial charge in [-0.2, -0.15) is 5.10 Å². The van der Waals surface area contributed by atoms with Crippen molar-refractivity contribution in [2.75, 3.05) is 6.54 Å². The van der Waals surface area contributed by atoms with E-state index in [1.165, 1.54) is 0 Å². The molecule has 1 heterocycles. The Balaban J connectivity index is 1.53. The molecule has 3 N–H and O–H groups in total. The van der Waals surface area contributed by atoms with Crippen LogP contribution in [-0.2, 0) is 4.79 Å². The molecule has 0 radical (unpaired) electrons. The Bertz CT molecular complexity index is 574. The van der Waals surface area contributed by atoms with E-state index in [4.69, 9.17) is 11.6 Å². The molecule has 0 saturated carbocycles. The van der Waals surface area contributed by atoms with E-state index in [1.54, 1.807) is 18.3 Å². The van der Waals surface area contributed by atoms with Gasteiger partial charge in [-0.15, -0.1) is 0 Å². The van der Waals surface area contributed by atoms with E-state index in [2.05, 4.69) is 21.2 Å². The number of nitrogens with one attached hydrogen (secondary N) is 3. The van der Waals surface area contributed by atoms with Gasteiger partial charge in [0.25, 0.3) is 0 Å². The van der Waals surface area contributed by atoms with Gasteiger partial charge in [-0.25, -0.2) is 10.2 Å². The molecule has 7 heteroatoms. The van der Waals surface area contributed by atoms with E-state index < -0.39 is 0 Å². The quantitative estimate of drug-likeness (QED) is 0.383. The molecule has 24 heavy (non-hydrogen) atoms. The van der Waals surface area contributed by atoms with Crippen LogP contribution in [0.15, 0.2) is 29.4 Å². The van der Waals surface area contributed by atoms with Crippen molar-refractivity contribution in [2.45, 2.75) is 44.6 Å². The number of unbranched alkanes of at least 4 members (excludes halogenated alkanes) is 2. The predicted molar refractivity (Wildman–Crippen MR) is 95.2 cm³/mol. The van der Waals surface area contributed by atoms with Gasteiger partial charge < -0.3 is 10.6 Å². The van der Waals surface area contributed by atoms with E-state index in [1.807, 2.05) is 12.1 Å². The first kappa shape index (κ1) is 18.3. The second-order valence-electron chi connectivity index (χ2n) is 5.83. The third kappa shape index (κ3) is 7.00. The maximum atomic E-state index is 11.7. The fraction of sp³-hybridized carbons (Fsp3) is 0.471. The van der Waals surface area contributed by atoms with Gasteiger partial charge in [-0.05, 0) is 37.0 Å². The van der Waals surface area contributed by atoms with Gasteiger partial charge in [0, 0.05) is 24.0 Å². The Morgan fingerprint density at radius 1 is 1.29 bits per heavy atom. The largest absolute Gasteiger partial charge is 0.338 e. The number of carbonyl (C=O) groups is 2. The number of hydrogen-bond donors (Lipinski definition) is 3. The highest BCUT2D eigenvalue weighted by Gasteiger charge is 2.16. The van der Waals surface area contributed by atoms with Gasteiger partial charge in [0.2, 0.25) is 5.91 Å². The average molecular weight is 351 g/mol. The lowest BCUT2D eigenvalue weighted by Gasteiger charge is -2.24. The molecule has 0 bridgehead atoms. The first-order chi connectivity index (χ1) is 11.6. The van der Waals surface area contributed by atoms with Crippen molar-refractivity contribution >= 4 is 29.8 Å². The summed E-state index contributed by atoms with van der Waals surface area (Å²) >= 11 is 5.80. The van der Waals surface area contributed by atoms with E-state index in [0.29, 0.717) is 11.4 Å². The molecule has 3 amide bonds. The van der Waals surface area contributed by atoms with Crippen LogP contribution >= 0.6 is 11.6 Å². The Morgan fingerprint density at radius 2 is 2.08 bits per heavy atom. The van der Waals surface area contributed by atoms with Crippen molar-refractivity contribution in [3.05, 3.63) is 34.9 Å². The number of benzene rings is 1. The molecule has 130 valence electrons. The van der Waals surface area contributed by atoms with Gasteiger partial charge in [0.15, 0.2) is 0 Å². The molecule has 1 fully saturated rings. The van der Waals surface area contributed by atoms with Crippen molar-refractivity contribution in [3.63, 3.8) is 0 Å². The average Bonchev–Trinajstić information content (AvgIpc) is 2.56. The van der Waals surface area contributed by atoms with Crippen LogP contribution in [0.4, 0.5) is 4.79 Å². The lowest BCUT2D eigenvalue weighted by molar-refractivity contribution is -0.121. The number of hydrogen-bond acceptors (Lipinski definition) is 3. The zero-order chi connectivity index (χ0) is 17.2. The Morgan fingerprint density at radius 3 is 2.83 bits per heavy atom. The molecule has 1 saturated heterocycles. The van der Waals surface area contributed by atoms with E-state index in [9.17, 15) is 9.59 Å². The van der Waals surface area contributed by atoms with Crippen LogP contribution in [0.2, 0.25) is 5.02 Å². The molecule has 1 aliphatic rings. The lowest BCUT2D eigenvalue weighted by Crippen LogP contribution is -2.49. The number of carbonyl (C=O) groups excluding carboxylic acids is 2. The van der Waals surface area contributed by atoms with Crippen LogP contribution in [0.1, 0.15) is 44.1 Å². The summed E-state index contributed by atoms with van der Waals surface area (Å²) in [6, 6.07) is 7.39. The second-order valence-corrected chi connectivity index (χ2v) is 6.27. The molecule has 6 nitrogen and oxygen atoms in total. The minimum Gasteiger partial charge on any atom is -0.338 e. The maximum absolute atomic E-state index is 11.7. The molecule has 2 rings (SSSR count). The minimum absolute atomic E-state index is 0.0795. The summed E-state index contributed by atoms with van der Waals surface area (Å²) in [6.07, 6.45) is 6.77. The topological polar surface area (TPSA) is 82.6 Å². The summed E-state index contributed by atoms with van der Waals surface area (Å²) in [6.45, 7) is 0.741. The number of nitrogens with zero attached hydrogens (tertiary/aromatic N) is 1.